The highest BCUT2D eigenvalue weighted by Crippen LogP contribution is 2.43. The van der Waals surface area contributed by atoms with Gasteiger partial charge in [-0.25, -0.2) is 26.2 Å². The number of aliphatic hydroxyl groups is 1. The summed E-state index contributed by atoms with van der Waals surface area (Å²) in [5, 5.41) is 9.26. The summed E-state index contributed by atoms with van der Waals surface area (Å²) >= 11 is 0. The van der Waals surface area contributed by atoms with Gasteiger partial charge in [-0.3, -0.25) is 4.31 Å². The molecule has 1 fully saturated rings. The average molecular weight is 607 g/mol. The van der Waals surface area contributed by atoms with Gasteiger partial charge in [0, 0.05) is 31.9 Å². The number of pyridine rings is 1. The first-order valence-electron chi connectivity index (χ1n) is 12.9. The van der Waals surface area contributed by atoms with Crippen LogP contribution in [0.3, 0.4) is 0 Å². The van der Waals surface area contributed by atoms with Crippen LogP contribution in [0.2, 0.25) is 0 Å². The minimum Gasteiger partial charge on any atom is -0.497 e. The van der Waals surface area contributed by atoms with Gasteiger partial charge in [-0.15, -0.1) is 0 Å². The maximum absolute atomic E-state index is 14.4. The topological polar surface area (TPSA) is 130 Å². The first kappa shape index (κ1) is 29.0. The van der Waals surface area contributed by atoms with Gasteiger partial charge in [0.2, 0.25) is 15.9 Å². The zero-order valence-electron chi connectivity index (χ0n) is 22.8. The monoisotopic (exact) mass is 606 g/mol. The van der Waals surface area contributed by atoms with E-state index in [1.165, 1.54) is 40.1 Å². The smallest absolute Gasteiger partial charge is 0.269 e. The van der Waals surface area contributed by atoms with E-state index in [0.29, 0.717) is 40.4 Å². The molecule has 11 nitrogen and oxygen atoms in total. The highest BCUT2D eigenvalue weighted by molar-refractivity contribution is 7.93. The Kier molecular flexibility index (Phi) is 7.85. The lowest BCUT2D eigenvalue weighted by molar-refractivity contribution is 0.193. The van der Waals surface area contributed by atoms with E-state index in [0.717, 1.165) is 6.26 Å². The second-order valence-corrected chi connectivity index (χ2v) is 13.8. The molecule has 0 saturated carbocycles. The molecule has 0 aliphatic carbocycles. The third-order valence-electron chi connectivity index (χ3n) is 7.14. The van der Waals surface area contributed by atoms with E-state index in [1.54, 1.807) is 31.2 Å². The molecule has 2 aliphatic rings. The van der Waals surface area contributed by atoms with Crippen LogP contribution in [0, 0.1) is 12.7 Å². The van der Waals surface area contributed by atoms with E-state index < -0.39 is 31.9 Å². The number of rotatable bonds is 8. The fourth-order valence-corrected chi connectivity index (χ4v) is 7.73. The van der Waals surface area contributed by atoms with Gasteiger partial charge in [-0.05, 0) is 53.9 Å². The molecular weight excluding hydrogens is 575 g/mol. The number of nitrogens with zero attached hydrogens (tertiary/aromatic N) is 4. The first-order chi connectivity index (χ1) is 19.4. The highest BCUT2D eigenvalue weighted by atomic mass is 32.2. The van der Waals surface area contributed by atoms with Crippen LogP contribution >= 0.6 is 0 Å². The summed E-state index contributed by atoms with van der Waals surface area (Å²) in [5.74, 6) is -0.341. The second-order valence-electron chi connectivity index (χ2n) is 9.98. The maximum Gasteiger partial charge on any atom is 0.269 e. The van der Waals surface area contributed by atoms with Crippen molar-refractivity contribution in [3.05, 3.63) is 60.0 Å². The van der Waals surface area contributed by atoms with Crippen molar-refractivity contribution in [2.24, 2.45) is 0 Å². The largest absolute Gasteiger partial charge is 0.497 e. The normalized spacial score (nSPS) is 17.6. The molecule has 1 atom stereocenters. The maximum atomic E-state index is 14.4. The molecule has 1 saturated heterocycles. The fraction of sp³-hybridized carbons (Fsp3) is 0.370. The van der Waals surface area contributed by atoms with Crippen LogP contribution in [0.5, 0.6) is 11.6 Å². The molecule has 220 valence electrons. The number of piperazine rings is 1. The number of ether oxygens (including phenoxy) is 2. The molecule has 0 amide bonds. The van der Waals surface area contributed by atoms with Crippen molar-refractivity contribution in [2.45, 2.75) is 17.9 Å². The quantitative estimate of drug-likeness (QED) is 0.410. The van der Waals surface area contributed by atoms with Gasteiger partial charge in [0.05, 0.1) is 43.9 Å². The number of aryl methyl sites for hydroxylation is 1. The summed E-state index contributed by atoms with van der Waals surface area (Å²) in [7, 11) is -6.38. The molecule has 2 aliphatic heterocycles. The van der Waals surface area contributed by atoms with Crippen LogP contribution in [0.4, 0.5) is 15.8 Å². The number of methoxy groups -OCH3 is 1. The minimum absolute atomic E-state index is 0.0509. The summed E-state index contributed by atoms with van der Waals surface area (Å²) in [6.45, 7) is 1.89. The molecule has 1 aromatic heterocycles. The Bertz CT molecular complexity index is 1680. The van der Waals surface area contributed by atoms with Crippen LogP contribution < -0.4 is 18.7 Å². The van der Waals surface area contributed by atoms with Gasteiger partial charge in [-0.2, -0.15) is 4.31 Å². The van der Waals surface area contributed by atoms with E-state index in [9.17, 15) is 26.3 Å². The van der Waals surface area contributed by atoms with Crippen molar-refractivity contribution < 1.29 is 35.8 Å². The van der Waals surface area contributed by atoms with E-state index in [-0.39, 0.29) is 43.6 Å². The molecule has 0 radical (unpaired) electrons. The van der Waals surface area contributed by atoms with E-state index in [4.69, 9.17) is 9.47 Å². The number of anilines is 2. The summed E-state index contributed by atoms with van der Waals surface area (Å²) in [6, 6.07) is 10.4. The van der Waals surface area contributed by atoms with Gasteiger partial charge in [-0.1, -0.05) is 6.07 Å². The third-order valence-corrected chi connectivity index (χ3v) is 10.2. The molecule has 0 spiro atoms. The Morgan fingerprint density at radius 1 is 1.02 bits per heavy atom. The van der Waals surface area contributed by atoms with Crippen molar-refractivity contribution in [1.82, 2.24) is 9.29 Å². The molecule has 14 heteroatoms. The van der Waals surface area contributed by atoms with E-state index in [1.807, 2.05) is 4.90 Å². The SMILES string of the molecule is COc1cc(F)cc(-c2ccc3c(c2)N(S(=O)(=O)c2cc(C)cnc2OCCO)C[C@@H]2CN(S(C)(=O)=O)CCN32)c1. The lowest BCUT2D eigenvalue weighted by Gasteiger charge is -2.48. The second kappa shape index (κ2) is 11.1. The summed E-state index contributed by atoms with van der Waals surface area (Å²) < 4.78 is 81.1. The first-order valence-corrected chi connectivity index (χ1v) is 16.1. The van der Waals surface area contributed by atoms with Gasteiger partial charge in [0.1, 0.15) is 23.1 Å². The molecule has 2 aromatic carbocycles. The number of fused-ring (bicyclic) bond motifs is 3. The molecule has 5 rings (SSSR count). The van der Waals surface area contributed by atoms with Gasteiger partial charge < -0.3 is 19.5 Å². The molecule has 41 heavy (non-hydrogen) atoms. The molecule has 3 heterocycles. The number of benzene rings is 2. The van der Waals surface area contributed by atoms with E-state index >= 15 is 0 Å². The number of aromatic nitrogens is 1. The zero-order valence-corrected chi connectivity index (χ0v) is 24.5. The van der Waals surface area contributed by atoms with Crippen LogP contribution in [0.25, 0.3) is 11.1 Å². The standard InChI is InChI=1S/C27H31FN4O7S2/c1-18-10-26(27(29-15-18)39-9-8-33)41(36,37)32-17-22-16-30(40(3,34)35)6-7-31(22)24-5-4-19(13-25(24)32)20-11-21(28)14-23(12-20)38-2/h4-5,10-15,22,33H,6-9,16-17H2,1-3H3/t22-/m0/s1. The van der Waals surface area contributed by atoms with Crippen LogP contribution in [-0.4, -0.2) is 90.0 Å². The van der Waals surface area contributed by atoms with Crippen molar-refractivity contribution in [3.8, 4) is 22.8 Å². The molecule has 1 N–H and O–H groups in total. The number of halogens is 1. The predicted molar refractivity (Wildman–Crippen MR) is 152 cm³/mol. The lowest BCUT2D eigenvalue weighted by Crippen LogP contribution is -2.61. The molecular formula is C27H31FN4O7S2. The van der Waals surface area contributed by atoms with Crippen LogP contribution in [0.15, 0.2) is 53.6 Å². The number of hydrogen-bond acceptors (Lipinski definition) is 9. The summed E-state index contributed by atoms with van der Waals surface area (Å²) in [6.07, 6.45) is 2.61. The Morgan fingerprint density at radius 3 is 2.51 bits per heavy atom. The Morgan fingerprint density at radius 2 is 1.80 bits per heavy atom. The van der Waals surface area contributed by atoms with Gasteiger partial charge in [0.25, 0.3) is 10.0 Å². The Labute approximate surface area is 238 Å². The van der Waals surface area contributed by atoms with Gasteiger partial charge >= 0.3 is 0 Å². The summed E-state index contributed by atoms with van der Waals surface area (Å²) in [4.78, 5) is 5.99. The molecule has 0 bridgehead atoms. The van der Waals surface area contributed by atoms with Gasteiger partial charge in [0.15, 0.2) is 0 Å². The predicted octanol–water partition coefficient (Wildman–Crippen LogP) is 2.23. The number of hydrogen-bond donors (Lipinski definition) is 1. The highest BCUT2D eigenvalue weighted by Gasteiger charge is 2.42. The van der Waals surface area contributed by atoms with Crippen LogP contribution in [-0.2, 0) is 20.0 Å². The zero-order chi connectivity index (χ0) is 29.5. The third kappa shape index (κ3) is 5.69. The van der Waals surface area contributed by atoms with Crippen molar-refractivity contribution >= 4 is 31.4 Å². The number of sulfonamides is 2. The average Bonchev–Trinajstić information content (AvgIpc) is 2.94. The Balaban J connectivity index is 1.67. The molecule has 3 aromatic rings. The van der Waals surface area contributed by atoms with Crippen molar-refractivity contribution in [1.29, 1.82) is 0 Å². The fourth-order valence-electron chi connectivity index (χ4n) is 5.20. The van der Waals surface area contributed by atoms with Crippen LogP contribution in [0.1, 0.15) is 5.56 Å². The molecule has 0 unspecified atom stereocenters. The minimum atomic E-state index is -4.31. The van der Waals surface area contributed by atoms with Crippen molar-refractivity contribution in [2.75, 3.05) is 62.0 Å². The number of aliphatic hydroxyl groups excluding tert-OH is 1. The lowest BCUT2D eigenvalue weighted by atomic mass is 10.0. The van der Waals surface area contributed by atoms with Crippen molar-refractivity contribution in [3.63, 3.8) is 0 Å². The Hall–Kier alpha value is -3.46. The summed E-state index contributed by atoms with van der Waals surface area (Å²) in [5.41, 5.74) is 2.59. The van der Waals surface area contributed by atoms with E-state index in [2.05, 4.69) is 4.98 Å².